The average Bonchev–Trinajstić information content (AvgIpc) is 2.70. The second-order valence-corrected chi connectivity index (χ2v) is 9.03. The highest BCUT2D eigenvalue weighted by molar-refractivity contribution is 7.92. The highest BCUT2D eigenvalue weighted by atomic mass is 32.2. The third-order valence-electron chi connectivity index (χ3n) is 3.89. The maximum atomic E-state index is 13.4. The number of benzene rings is 2. The van der Waals surface area contributed by atoms with Gasteiger partial charge in [-0.2, -0.15) is 5.10 Å². The van der Waals surface area contributed by atoms with Crippen molar-refractivity contribution in [1.29, 1.82) is 0 Å². The van der Waals surface area contributed by atoms with Gasteiger partial charge in [0.15, 0.2) is 6.61 Å². The van der Waals surface area contributed by atoms with Gasteiger partial charge in [-0.15, -0.1) is 0 Å². The molecule has 9 nitrogen and oxygen atoms in total. The zero-order valence-electron chi connectivity index (χ0n) is 17.9. The van der Waals surface area contributed by atoms with Crippen LogP contribution in [-0.2, 0) is 19.6 Å². The van der Waals surface area contributed by atoms with Crippen molar-refractivity contribution in [2.45, 2.75) is 19.9 Å². The maximum absolute atomic E-state index is 13.4. The number of sulfonamides is 1. The Labute approximate surface area is 186 Å². The van der Waals surface area contributed by atoms with Gasteiger partial charge in [0.2, 0.25) is 10.0 Å². The average molecular weight is 465 g/mol. The molecule has 0 heterocycles. The van der Waals surface area contributed by atoms with Crippen molar-refractivity contribution in [2.75, 3.05) is 23.7 Å². The first-order valence-electron chi connectivity index (χ1n) is 9.62. The van der Waals surface area contributed by atoms with Gasteiger partial charge < -0.3 is 10.1 Å². The quantitative estimate of drug-likeness (QED) is 0.410. The number of carbonyl (C=O) groups excluding carboxylic acids is 2. The number of amides is 2. The van der Waals surface area contributed by atoms with Crippen molar-refractivity contribution in [3.63, 3.8) is 0 Å². The van der Waals surface area contributed by atoms with Gasteiger partial charge in [-0.05, 0) is 61.9 Å². The highest BCUT2D eigenvalue weighted by Crippen LogP contribution is 2.18. The molecule has 0 radical (unpaired) electrons. The van der Waals surface area contributed by atoms with Crippen molar-refractivity contribution >= 4 is 33.7 Å². The molecule has 0 aliphatic rings. The molecule has 11 heteroatoms. The number of nitrogens with zero attached hydrogens (tertiary/aromatic N) is 2. The standard InChI is InChI=1S/C21H25FN4O5S/c1-15(2)24-21(28)14-31-19-9-7-16(8-10-19)12-23-25-20(27)13-26(32(3,29)30)18-6-4-5-17(22)11-18/h4-12,15H,13-14H2,1-3H3,(H,24,28)(H,25,27)/b23-12-. The zero-order chi connectivity index (χ0) is 23.7. The van der Waals surface area contributed by atoms with Gasteiger partial charge in [0.05, 0.1) is 18.2 Å². The van der Waals surface area contributed by atoms with E-state index >= 15 is 0 Å². The molecular weight excluding hydrogens is 439 g/mol. The van der Waals surface area contributed by atoms with Gasteiger partial charge in [0.1, 0.15) is 18.1 Å². The van der Waals surface area contributed by atoms with Gasteiger partial charge in [-0.1, -0.05) is 6.07 Å². The van der Waals surface area contributed by atoms with Crippen LogP contribution in [0.5, 0.6) is 5.75 Å². The molecule has 0 bridgehead atoms. The summed E-state index contributed by atoms with van der Waals surface area (Å²) >= 11 is 0. The van der Waals surface area contributed by atoms with Gasteiger partial charge in [-0.3, -0.25) is 13.9 Å². The van der Waals surface area contributed by atoms with Crippen LogP contribution in [0.3, 0.4) is 0 Å². The normalized spacial score (nSPS) is 11.4. The molecule has 0 fully saturated rings. The lowest BCUT2D eigenvalue weighted by atomic mass is 10.2. The molecule has 0 spiro atoms. The summed E-state index contributed by atoms with van der Waals surface area (Å²) in [4.78, 5) is 23.7. The number of hydrogen-bond acceptors (Lipinski definition) is 6. The Kier molecular flexibility index (Phi) is 8.71. The van der Waals surface area contributed by atoms with Crippen LogP contribution in [0.4, 0.5) is 10.1 Å². The topological polar surface area (TPSA) is 117 Å². The Hall–Kier alpha value is -3.47. The molecule has 2 aromatic carbocycles. The molecule has 2 aromatic rings. The van der Waals surface area contributed by atoms with E-state index in [-0.39, 0.29) is 24.2 Å². The van der Waals surface area contributed by atoms with E-state index in [4.69, 9.17) is 4.74 Å². The van der Waals surface area contributed by atoms with Crippen molar-refractivity contribution in [3.05, 3.63) is 59.9 Å². The Bertz CT molecular complexity index is 1070. The fraction of sp³-hybridized carbons (Fsp3) is 0.286. The van der Waals surface area contributed by atoms with Crippen LogP contribution < -0.4 is 19.8 Å². The van der Waals surface area contributed by atoms with Gasteiger partial charge >= 0.3 is 0 Å². The largest absolute Gasteiger partial charge is 0.484 e. The summed E-state index contributed by atoms with van der Waals surface area (Å²) < 4.78 is 43.6. The van der Waals surface area contributed by atoms with E-state index in [2.05, 4.69) is 15.8 Å². The summed E-state index contributed by atoms with van der Waals surface area (Å²) in [6.07, 6.45) is 2.28. The van der Waals surface area contributed by atoms with Crippen LogP contribution in [0.2, 0.25) is 0 Å². The van der Waals surface area contributed by atoms with E-state index < -0.39 is 28.3 Å². The molecule has 0 atom stereocenters. The monoisotopic (exact) mass is 464 g/mol. The lowest BCUT2D eigenvalue weighted by Gasteiger charge is -2.21. The van der Waals surface area contributed by atoms with Crippen molar-refractivity contribution in [3.8, 4) is 5.75 Å². The van der Waals surface area contributed by atoms with Gasteiger partial charge in [-0.25, -0.2) is 18.2 Å². The number of ether oxygens (including phenoxy) is 1. The van der Waals surface area contributed by atoms with Crippen LogP contribution >= 0.6 is 0 Å². The fourth-order valence-corrected chi connectivity index (χ4v) is 3.39. The second-order valence-electron chi connectivity index (χ2n) is 7.12. The molecule has 0 saturated carbocycles. The molecule has 0 unspecified atom stereocenters. The summed E-state index contributed by atoms with van der Waals surface area (Å²) in [5.74, 6) is -1.06. The molecule has 172 valence electrons. The fourth-order valence-electron chi connectivity index (χ4n) is 2.54. The van der Waals surface area contributed by atoms with Crippen molar-refractivity contribution in [1.82, 2.24) is 10.7 Å². The van der Waals surface area contributed by atoms with Gasteiger partial charge in [0, 0.05) is 6.04 Å². The van der Waals surface area contributed by atoms with E-state index in [0.29, 0.717) is 11.3 Å². The van der Waals surface area contributed by atoms with E-state index in [1.807, 2.05) is 13.8 Å². The number of anilines is 1. The minimum absolute atomic E-state index is 0.0262. The lowest BCUT2D eigenvalue weighted by Crippen LogP contribution is -2.39. The molecule has 32 heavy (non-hydrogen) atoms. The maximum Gasteiger partial charge on any atom is 0.260 e. The minimum atomic E-state index is -3.82. The summed E-state index contributed by atoms with van der Waals surface area (Å²) in [6, 6.07) is 11.6. The summed E-state index contributed by atoms with van der Waals surface area (Å²) in [6.45, 7) is 3.03. The smallest absolute Gasteiger partial charge is 0.260 e. The van der Waals surface area contributed by atoms with Crippen LogP contribution in [-0.4, -0.2) is 51.9 Å². The van der Waals surface area contributed by atoms with Crippen molar-refractivity contribution < 1.29 is 27.1 Å². The summed E-state index contributed by atoms with van der Waals surface area (Å²) in [5, 5.41) is 6.51. The van der Waals surface area contributed by atoms with Crippen molar-refractivity contribution in [2.24, 2.45) is 5.10 Å². The second kappa shape index (κ2) is 11.2. The predicted octanol–water partition coefficient (Wildman–Crippen LogP) is 1.65. The van der Waals surface area contributed by atoms with E-state index in [9.17, 15) is 22.4 Å². The number of rotatable bonds is 10. The number of hydrogen-bond donors (Lipinski definition) is 2. The Morgan fingerprint density at radius 3 is 2.44 bits per heavy atom. The molecule has 0 aromatic heterocycles. The third kappa shape index (κ3) is 8.34. The number of halogens is 1. The number of carbonyl (C=O) groups is 2. The highest BCUT2D eigenvalue weighted by Gasteiger charge is 2.21. The molecule has 0 aliphatic heterocycles. The Morgan fingerprint density at radius 2 is 1.84 bits per heavy atom. The molecule has 2 rings (SSSR count). The minimum Gasteiger partial charge on any atom is -0.484 e. The molecule has 2 N–H and O–H groups in total. The molecular formula is C21H25FN4O5S. The van der Waals surface area contributed by atoms with E-state index in [1.165, 1.54) is 24.4 Å². The first-order valence-corrected chi connectivity index (χ1v) is 11.5. The number of nitrogens with one attached hydrogen (secondary N) is 2. The third-order valence-corrected chi connectivity index (χ3v) is 5.03. The van der Waals surface area contributed by atoms with E-state index in [1.54, 1.807) is 24.3 Å². The molecule has 0 saturated heterocycles. The molecule has 2 amide bonds. The SMILES string of the molecule is CC(C)NC(=O)COc1ccc(/C=N\NC(=O)CN(c2cccc(F)c2)S(C)(=O)=O)cc1. The first kappa shape index (κ1) is 24.8. The van der Waals surface area contributed by atoms with Crippen LogP contribution in [0.1, 0.15) is 19.4 Å². The van der Waals surface area contributed by atoms with Crippen LogP contribution in [0, 0.1) is 5.82 Å². The Morgan fingerprint density at radius 1 is 1.16 bits per heavy atom. The summed E-state index contributed by atoms with van der Waals surface area (Å²) in [7, 11) is -3.82. The van der Waals surface area contributed by atoms with Crippen LogP contribution in [0.25, 0.3) is 0 Å². The predicted molar refractivity (Wildman–Crippen MR) is 120 cm³/mol. The summed E-state index contributed by atoms with van der Waals surface area (Å²) in [5.41, 5.74) is 2.90. The lowest BCUT2D eigenvalue weighted by molar-refractivity contribution is -0.123. The zero-order valence-corrected chi connectivity index (χ0v) is 18.7. The Balaban J connectivity index is 1.91. The van der Waals surface area contributed by atoms with E-state index in [0.717, 1.165) is 16.6 Å². The molecule has 0 aliphatic carbocycles. The number of hydrazone groups is 1. The van der Waals surface area contributed by atoms with Crippen LogP contribution in [0.15, 0.2) is 53.6 Å². The first-order chi connectivity index (χ1) is 15.0. The van der Waals surface area contributed by atoms with Gasteiger partial charge in [0.25, 0.3) is 11.8 Å².